The molecule has 0 aromatic carbocycles. The molecule has 1 aliphatic rings. The fourth-order valence-electron chi connectivity index (χ4n) is 2.73. The minimum atomic E-state index is 0.656. The summed E-state index contributed by atoms with van der Waals surface area (Å²) in [7, 11) is 1.99. The molecule has 1 saturated carbocycles. The Morgan fingerprint density at radius 3 is 2.69 bits per heavy atom. The number of hydrogen-bond donors (Lipinski definition) is 1. The van der Waals surface area contributed by atoms with E-state index in [4.69, 9.17) is 0 Å². The van der Waals surface area contributed by atoms with Crippen molar-refractivity contribution in [1.29, 1.82) is 0 Å². The molecule has 1 aromatic heterocycles. The zero-order valence-corrected chi connectivity index (χ0v) is 10.4. The Labute approximate surface area is 98.2 Å². The molecule has 16 heavy (non-hydrogen) atoms. The van der Waals surface area contributed by atoms with Gasteiger partial charge >= 0.3 is 0 Å². The average Bonchev–Trinajstić information content (AvgIpc) is 2.68. The third-order valence-electron chi connectivity index (χ3n) is 3.72. The van der Waals surface area contributed by atoms with Crippen molar-refractivity contribution in [2.75, 3.05) is 5.32 Å². The Morgan fingerprint density at radius 2 is 2.12 bits per heavy atom. The lowest BCUT2D eigenvalue weighted by Gasteiger charge is -2.29. The molecule has 1 aromatic rings. The van der Waals surface area contributed by atoms with Gasteiger partial charge in [0.25, 0.3) is 0 Å². The number of hydrogen-bond acceptors (Lipinski definition) is 2. The van der Waals surface area contributed by atoms with Gasteiger partial charge < -0.3 is 5.32 Å². The van der Waals surface area contributed by atoms with Crippen LogP contribution < -0.4 is 5.32 Å². The van der Waals surface area contributed by atoms with E-state index in [0.717, 1.165) is 11.7 Å². The normalized spacial score (nSPS) is 25.6. The fourth-order valence-corrected chi connectivity index (χ4v) is 2.73. The van der Waals surface area contributed by atoms with Gasteiger partial charge in [-0.05, 0) is 31.6 Å². The minimum Gasteiger partial charge on any atom is -0.368 e. The molecule has 0 radical (unpaired) electrons. The van der Waals surface area contributed by atoms with Gasteiger partial charge in [-0.15, -0.1) is 0 Å². The van der Waals surface area contributed by atoms with Gasteiger partial charge in [0.1, 0.15) is 5.82 Å². The van der Waals surface area contributed by atoms with Crippen LogP contribution in [0.15, 0.2) is 12.3 Å². The first kappa shape index (κ1) is 11.5. The lowest BCUT2D eigenvalue weighted by Crippen LogP contribution is -2.27. The Morgan fingerprint density at radius 1 is 1.38 bits per heavy atom. The van der Waals surface area contributed by atoms with Gasteiger partial charge in [0.05, 0.1) is 6.20 Å². The molecular formula is C13H23N3. The molecule has 0 amide bonds. The monoisotopic (exact) mass is 221 g/mol. The van der Waals surface area contributed by atoms with Crippen LogP contribution in [0.25, 0.3) is 0 Å². The minimum absolute atomic E-state index is 0.656. The van der Waals surface area contributed by atoms with Gasteiger partial charge in [-0.3, -0.25) is 4.68 Å². The third kappa shape index (κ3) is 2.77. The Balaban J connectivity index is 1.79. The van der Waals surface area contributed by atoms with E-state index in [9.17, 15) is 0 Å². The molecule has 3 heteroatoms. The van der Waals surface area contributed by atoms with E-state index in [1.165, 1.54) is 38.5 Å². The maximum absolute atomic E-state index is 4.18. The molecule has 1 aliphatic carbocycles. The summed E-state index contributed by atoms with van der Waals surface area (Å²) in [6.45, 7) is 2.29. The van der Waals surface area contributed by atoms with Gasteiger partial charge in [0, 0.05) is 19.2 Å². The van der Waals surface area contributed by atoms with Crippen molar-refractivity contribution in [3.05, 3.63) is 12.3 Å². The van der Waals surface area contributed by atoms with E-state index in [1.807, 2.05) is 17.9 Å². The van der Waals surface area contributed by atoms with E-state index in [2.05, 4.69) is 23.4 Å². The van der Waals surface area contributed by atoms with E-state index in [0.29, 0.717) is 6.04 Å². The summed E-state index contributed by atoms with van der Waals surface area (Å²) in [6, 6.07) is 2.71. The SMILES string of the molecule is CCCC1CCC(Nc2ccnn2C)CC1. The van der Waals surface area contributed by atoms with Crippen LogP contribution in [-0.4, -0.2) is 15.8 Å². The number of nitrogens with zero attached hydrogens (tertiary/aromatic N) is 2. The van der Waals surface area contributed by atoms with Crippen LogP contribution in [0.2, 0.25) is 0 Å². The zero-order chi connectivity index (χ0) is 11.4. The molecule has 0 spiro atoms. The van der Waals surface area contributed by atoms with Crippen LogP contribution in [0.3, 0.4) is 0 Å². The van der Waals surface area contributed by atoms with E-state index < -0.39 is 0 Å². The molecule has 0 atom stereocenters. The quantitative estimate of drug-likeness (QED) is 0.846. The van der Waals surface area contributed by atoms with Crippen molar-refractivity contribution < 1.29 is 0 Å². The van der Waals surface area contributed by atoms with Crippen LogP contribution in [0, 0.1) is 5.92 Å². The van der Waals surface area contributed by atoms with Crippen LogP contribution in [-0.2, 0) is 7.05 Å². The second-order valence-electron chi connectivity index (χ2n) is 4.99. The number of aryl methyl sites for hydroxylation is 1. The van der Waals surface area contributed by atoms with Gasteiger partial charge in [-0.25, -0.2) is 0 Å². The standard InChI is InChI=1S/C13H23N3/c1-3-4-11-5-7-12(8-6-11)15-13-9-10-14-16(13)2/h9-12,15H,3-8H2,1-2H3. The van der Waals surface area contributed by atoms with Crippen molar-refractivity contribution in [2.24, 2.45) is 13.0 Å². The Bertz CT molecular complexity index is 311. The molecule has 1 N–H and O–H groups in total. The van der Waals surface area contributed by atoms with Gasteiger partial charge in [0.15, 0.2) is 0 Å². The van der Waals surface area contributed by atoms with Crippen LogP contribution in [0.1, 0.15) is 45.4 Å². The predicted octanol–water partition coefficient (Wildman–Crippen LogP) is 3.19. The molecular weight excluding hydrogens is 198 g/mol. The first-order valence-corrected chi connectivity index (χ1v) is 6.54. The fraction of sp³-hybridized carbons (Fsp3) is 0.769. The zero-order valence-electron chi connectivity index (χ0n) is 10.4. The first-order chi connectivity index (χ1) is 7.79. The molecule has 0 aliphatic heterocycles. The summed E-state index contributed by atoms with van der Waals surface area (Å²) < 4.78 is 1.91. The van der Waals surface area contributed by atoms with Crippen molar-refractivity contribution in [3.8, 4) is 0 Å². The summed E-state index contributed by atoms with van der Waals surface area (Å²) in [4.78, 5) is 0. The smallest absolute Gasteiger partial charge is 0.124 e. The molecule has 3 nitrogen and oxygen atoms in total. The molecule has 0 bridgehead atoms. The largest absolute Gasteiger partial charge is 0.368 e. The summed E-state index contributed by atoms with van der Waals surface area (Å²) >= 11 is 0. The maximum atomic E-state index is 4.18. The molecule has 2 rings (SSSR count). The highest BCUT2D eigenvalue weighted by atomic mass is 15.3. The number of rotatable bonds is 4. The summed E-state index contributed by atoms with van der Waals surface area (Å²) in [5, 5.41) is 7.77. The number of aromatic nitrogens is 2. The van der Waals surface area contributed by atoms with Gasteiger partial charge in [0.2, 0.25) is 0 Å². The number of nitrogens with one attached hydrogen (secondary N) is 1. The lowest BCUT2D eigenvalue weighted by molar-refractivity contribution is 0.318. The molecule has 0 saturated heterocycles. The van der Waals surface area contributed by atoms with Crippen molar-refractivity contribution in [3.63, 3.8) is 0 Å². The molecule has 90 valence electrons. The van der Waals surface area contributed by atoms with Crippen molar-refractivity contribution in [2.45, 2.75) is 51.5 Å². The summed E-state index contributed by atoms with van der Waals surface area (Å²) in [5.74, 6) is 2.13. The predicted molar refractivity (Wildman–Crippen MR) is 67.5 cm³/mol. The third-order valence-corrected chi connectivity index (χ3v) is 3.72. The average molecular weight is 221 g/mol. The van der Waals surface area contributed by atoms with Crippen LogP contribution >= 0.6 is 0 Å². The summed E-state index contributed by atoms with van der Waals surface area (Å²) in [5.41, 5.74) is 0. The molecule has 0 unspecified atom stereocenters. The number of anilines is 1. The van der Waals surface area contributed by atoms with E-state index in [1.54, 1.807) is 0 Å². The Hall–Kier alpha value is -0.990. The second kappa shape index (κ2) is 5.37. The van der Waals surface area contributed by atoms with Crippen molar-refractivity contribution >= 4 is 5.82 Å². The summed E-state index contributed by atoms with van der Waals surface area (Å²) in [6.07, 6.45) is 10.0. The molecule has 1 fully saturated rings. The highest BCUT2D eigenvalue weighted by molar-refractivity contribution is 5.34. The van der Waals surface area contributed by atoms with E-state index in [-0.39, 0.29) is 0 Å². The highest BCUT2D eigenvalue weighted by Crippen LogP contribution is 2.29. The molecule has 1 heterocycles. The highest BCUT2D eigenvalue weighted by Gasteiger charge is 2.20. The topological polar surface area (TPSA) is 29.9 Å². The first-order valence-electron chi connectivity index (χ1n) is 6.54. The van der Waals surface area contributed by atoms with Crippen LogP contribution in [0.5, 0.6) is 0 Å². The Kier molecular flexibility index (Phi) is 3.86. The second-order valence-corrected chi connectivity index (χ2v) is 4.99. The van der Waals surface area contributed by atoms with Crippen LogP contribution in [0.4, 0.5) is 5.82 Å². The lowest BCUT2D eigenvalue weighted by atomic mass is 9.83. The van der Waals surface area contributed by atoms with E-state index >= 15 is 0 Å². The van der Waals surface area contributed by atoms with Crippen molar-refractivity contribution in [1.82, 2.24) is 9.78 Å². The maximum Gasteiger partial charge on any atom is 0.124 e. The van der Waals surface area contributed by atoms with Gasteiger partial charge in [-0.2, -0.15) is 5.10 Å². The van der Waals surface area contributed by atoms with Gasteiger partial charge in [-0.1, -0.05) is 19.8 Å².